The zero-order valence-electron chi connectivity index (χ0n) is 12.8. The van der Waals surface area contributed by atoms with Crippen molar-refractivity contribution in [1.82, 2.24) is 0 Å². The number of hydrogen-bond acceptors (Lipinski definition) is 3. The van der Waals surface area contributed by atoms with Crippen LogP contribution in [0.5, 0.6) is 0 Å². The standard InChI is InChI=1S/C18H20N2O2/c1-13-4-3-5-17(12-13)20-18(22)10-11-19-16-8-6-15(7-9-16)14(2)21/h3-9,12,19H,10-11H2,1-2H3,(H,20,22). The van der Waals surface area contributed by atoms with Crippen LogP contribution in [0.4, 0.5) is 11.4 Å². The number of nitrogens with one attached hydrogen (secondary N) is 2. The van der Waals surface area contributed by atoms with Crippen LogP contribution in [0.25, 0.3) is 0 Å². The molecule has 0 radical (unpaired) electrons. The molecule has 0 aromatic heterocycles. The monoisotopic (exact) mass is 296 g/mol. The predicted octanol–water partition coefficient (Wildman–Crippen LogP) is 3.64. The summed E-state index contributed by atoms with van der Waals surface area (Å²) >= 11 is 0. The highest BCUT2D eigenvalue weighted by molar-refractivity contribution is 5.94. The SMILES string of the molecule is CC(=O)c1ccc(NCCC(=O)Nc2cccc(C)c2)cc1. The molecule has 0 aliphatic rings. The molecule has 114 valence electrons. The first-order chi connectivity index (χ1) is 10.5. The topological polar surface area (TPSA) is 58.2 Å². The van der Waals surface area contributed by atoms with Crippen LogP contribution in [0.1, 0.15) is 29.3 Å². The van der Waals surface area contributed by atoms with Gasteiger partial charge in [0.2, 0.25) is 5.91 Å². The second kappa shape index (κ2) is 7.41. The molecule has 22 heavy (non-hydrogen) atoms. The highest BCUT2D eigenvalue weighted by Crippen LogP contribution is 2.11. The maximum Gasteiger partial charge on any atom is 0.226 e. The quantitative estimate of drug-likeness (QED) is 0.800. The molecule has 0 saturated carbocycles. The second-order valence-corrected chi connectivity index (χ2v) is 5.23. The van der Waals surface area contributed by atoms with Gasteiger partial charge in [-0.2, -0.15) is 0 Å². The Bertz CT molecular complexity index is 663. The minimum absolute atomic E-state index is 0.0292. The minimum atomic E-state index is -0.0292. The van der Waals surface area contributed by atoms with Gasteiger partial charge < -0.3 is 10.6 Å². The maximum atomic E-state index is 11.9. The Morgan fingerprint density at radius 1 is 1.00 bits per heavy atom. The molecule has 0 atom stereocenters. The van der Waals surface area contributed by atoms with Gasteiger partial charge in [0, 0.05) is 29.9 Å². The lowest BCUT2D eigenvalue weighted by atomic mass is 10.1. The van der Waals surface area contributed by atoms with Crippen LogP contribution >= 0.6 is 0 Å². The fraction of sp³-hybridized carbons (Fsp3) is 0.222. The molecule has 0 bridgehead atoms. The molecular weight excluding hydrogens is 276 g/mol. The van der Waals surface area contributed by atoms with Gasteiger partial charge in [-0.3, -0.25) is 9.59 Å². The van der Waals surface area contributed by atoms with Crippen LogP contribution in [0, 0.1) is 6.92 Å². The molecule has 0 spiro atoms. The first-order valence-corrected chi connectivity index (χ1v) is 7.26. The largest absolute Gasteiger partial charge is 0.385 e. The van der Waals surface area contributed by atoms with Crippen molar-refractivity contribution in [1.29, 1.82) is 0 Å². The van der Waals surface area contributed by atoms with E-state index in [0.717, 1.165) is 16.9 Å². The van der Waals surface area contributed by atoms with Crippen molar-refractivity contribution >= 4 is 23.1 Å². The summed E-state index contributed by atoms with van der Waals surface area (Å²) in [6.45, 7) is 4.07. The summed E-state index contributed by atoms with van der Waals surface area (Å²) in [6.07, 6.45) is 0.377. The molecule has 2 N–H and O–H groups in total. The smallest absolute Gasteiger partial charge is 0.226 e. The second-order valence-electron chi connectivity index (χ2n) is 5.23. The van der Waals surface area contributed by atoms with Crippen LogP contribution in [-0.2, 0) is 4.79 Å². The van der Waals surface area contributed by atoms with Crippen LogP contribution < -0.4 is 10.6 Å². The molecule has 0 saturated heterocycles. The molecule has 0 heterocycles. The van der Waals surface area contributed by atoms with Crippen LogP contribution in [-0.4, -0.2) is 18.2 Å². The van der Waals surface area contributed by atoms with Gasteiger partial charge in [0.1, 0.15) is 0 Å². The lowest BCUT2D eigenvalue weighted by Gasteiger charge is -2.08. The third-order valence-corrected chi connectivity index (χ3v) is 3.27. The summed E-state index contributed by atoms with van der Waals surface area (Å²) < 4.78 is 0. The fourth-order valence-corrected chi connectivity index (χ4v) is 2.09. The van der Waals surface area contributed by atoms with E-state index in [9.17, 15) is 9.59 Å². The van der Waals surface area contributed by atoms with E-state index in [1.165, 1.54) is 6.92 Å². The molecule has 2 rings (SSSR count). The number of aryl methyl sites for hydroxylation is 1. The van der Waals surface area contributed by atoms with Crippen molar-refractivity contribution in [3.8, 4) is 0 Å². The van der Waals surface area contributed by atoms with Crippen molar-refractivity contribution in [2.24, 2.45) is 0 Å². The van der Waals surface area contributed by atoms with E-state index in [4.69, 9.17) is 0 Å². The Kier molecular flexibility index (Phi) is 5.31. The lowest BCUT2D eigenvalue weighted by molar-refractivity contribution is -0.115. The molecule has 0 aliphatic heterocycles. The zero-order valence-corrected chi connectivity index (χ0v) is 12.8. The molecule has 4 nitrogen and oxygen atoms in total. The molecule has 1 amide bonds. The third kappa shape index (κ3) is 4.74. The molecular formula is C18H20N2O2. The number of benzene rings is 2. The average molecular weight is 296 g/mol. The summed E-state index contributed by atoms with van der Waals surface area (Å²) in [5.74, 6) is 0.0162. The maximum absolute atomic E-state index is 11.9. The third-order valence-electron chi connectivity index (χ3n) is 3.27. The normalized spacial score (nSPS) is 10.1. The van der Waals surface area contributed by atoms with Crippen LogP contribution in [0.3, 0.4) is 0 Å². The zero-order chi connectivity index (χ0) is 15.9. The van der Waals surface area contributed by atoms with Gasteiger partial charge in [0.05, 0.1) is 0 Å². The summed E-state index contributed by atoms with van der Waals surface area (Å²) in [5, 5.41) is 6.04. The van der Waals surface area contributed by atoms with Crippen LogP contribution in [0.2, 0.25) is 0 Å². The Balaban J connectivity index is 1.78. The molecule has 0 unspecified atom stereocenters. The van der Waals surface area contributed by atoms with Crippen molar-refractivity contribution in [3.63, 3.8) is 0 Å². The Morgan fingerprint density at radius 2 is 1.73 bits per heavy atom. The number of carbonyl (C=O) groups excluding carboxylic acids is 2. The van der Waals surface area contributed by atoms with E-state index in [0.29, 0.717) is 18.5 Å². The number of anilines is 2. The Morgan fingerprint density at radius 3 is 2.36 bits per heavy atom. The number of carbonyl (C=O) groups is 2. The number of amides is 1. The van der Waals surface area contributed by atoms with Gasteiger partial charge in [-0.05, 0) is 55.8 Å². The average Bonchev–Trinajstić information content (AvgIpc) is 2.47. The highest BCUT2D eigenvalue weighted by atomic mass is 16.1. The molecule has 2 aromatic carbocycles. The van der Waals surface area contributed by atoms with Gasteiger partial charge in [0.15, 0.2) is 5.78 Å². The van der Waals surface area contributed by atoms with Crippen molar-refractivity contribution in [2.75, 3.05) is 17.2 Å². The minimum Gasteiger partial charge on any atom is -0.385 e. The highest BCUT2D eigenvalue weighted by Gasteiger charge is 2.03. The van der Waals surface area contributed by atoms with Crippen LogP contribution in [0.15, 0.2) is 48.5 Å². The van der Waals surface area contributed by atoms with E-state index < -0.39 is 0 Å². The van der Waals surface area contributed by atoms with Crippen molar-refractivity contribution < 1.29 is 9.59 Å². The van der Waals surface area contributed by atoms with E-state index in [1.54, 1.807) is 12.1 Å². The molecule has 0 aliphatic carbocycles. The number of ketones is 1. The molecule has 2 aromatic rings. The van der Waals surface area contributed by atoms with E-state index in [-0.39, 0.29) is 11.7 Å². The Labute approximate surface area is 130 Å². The van der Waals surface area contributed by atoms with Gasteiger partial charge in [-0.1, -0.05) is 12.1 Å². The van der Waals surface area contributed by atoms with E-state index in [1.807, 2.05) is 43.3 Å². The number of hydrogen-bond donors (Lipinski definition) is 2. The summed E-state index contributed by atoms with van der Waals surface area (Å²) in [7, 11) is 0. The van der Waals surface area contributed by atoms with E-state index >= 15 is 0 Å². The predicted molar refractivity (Wildman–Crippen MR) is 89.4 cm³/mol. The summed E-state index contributed by atoms with van der Waals surface area (Å²) in [6, 6.07) is 15.0. The first-order valence-electron chi connectivity index (χ1n) is 7.26. The first kappa shape index (κ1) is 15.8. The fourth-order valence-electron chi connectivity index (χ4n) is 2.09. The number of Topliss-reactive ketones (excluding diaryl/α,β-unsaturated/α-hetero) is 1. The number of rotatable bonds is 6. The van der Waals surface area contributed by atoms with Gasteiger partial charge >= 0.3 is 0 Å². The van der Waals surface area contributed by atoms with Crippen molar-refractivity contribution in [3.05, 3.63) is 59.7 Å². The van der Waals surface area contributed by atoms with Gasteiger partial charge in [0.25, 0.3) is 0 Å². The van der Waals surface area contributed by atoms with Gasteiger partial charge in [-0.25, -0.2) is 0 Å². The lowest BCUT2D eigenvalue weighted by Crippen LogP contribution is -2.16. The van der Waals surface area contributed by atoms with Gasteiger partial charge in [-0.15, -0.1) is 0 Å². The molecule has 0 fully saturated rings. The summed E-state index contributed by atoms with van der Waals surface area (Å²) in [5.41, 5.74) is 3.51. The summed E-state index contributed by atoms with van der Waals surface area (Å²) in [4.78, 5) is 23.0. The van der Waals surface area contributed by atoms with E-state index in [2.05, 4.69) is 10.6 Å². The van der Waals surface area contributed by atoms with Crippen molar-refractivity contribution in [2.45, 2.75) is 20.3 Å². The molecule has 4 heteroatoms. The Hall–Kier alpha value is -2.62.